The number of hydrogen-bond donors (Lipinski definition) is 0. The fourth-order valence-corrected chi connectivity index (χ4v) is 6.38. The summed E-state index contributed by atoms with van der Waals surface area (Å²) in [4.78, 5) is 0.0781. The third-order valence-corrected chi connectivity index (χ3v) is 8.73. The minimum atomic E-state index is -4.39. The fourth-order valence-electron chi connectivity index (χ4n) is 6.38. The molecular formula is C52H42N2. The second-order valence-electron chi connectivity index (χ2n) is 11.8. The smallest absolute Gasteiger partial charge is 0.0781 e. The first-order chi connectivity index (χ1) is 43.8. The molecule has 0 N–H and O–H groups in total. The third kappa shape index (κ3) is 4.80. The molecule has 0 saturated carbocycles. The zero-order valence-electron chi connectivity index (χ0n) is 68.9. The zero-order chi connectivity index (χ0) is 72.7. The number of fused-ring (bicyclic) bond motifs is 6. The SMILES string of the molecule is [2H]c1c([2H])c([2H])c(-c2c([2H])c([2H])c3c(c2[2H])N(c2c(N(c4c([2H])c([2H])c([2H])c([2H])c4[2H])c4c([2H])c([2H])c5c(c4[2H])C(C([2H])([2H])[2H])(C([2H])([2H])[2H])c4c([2H])c([2H])c([2H])c([2H])c4-5)c([2H])c([2H])c4c([2H])c([2H])c([2H])c([2H])c24)c2c([2H])c([2H])c([2H])c([2H])c2C3(C([2H])([2H])[2H])C([2H])([2H])[2H])c([2H])c1[2H]. The van der Waals surface area contributed by atoms with Crippen molar-refractivity contribution in [2.45, 2.75) is 38.2 Å². The van der Waals surface area contributed by atoms with Gasteiger partial charge in [0.05, 0.1) is 63.9 Å². The average Bonchev–Trinajstić information content (AvgIpc) is 1.05. The standard InChI is InChI=1S/C52H42N2/c1-51(2)43-24-14-13-23-41(43)42-30-29-39(34-46(42)51)53(38-20-9-6-10-21-38)48-32-28-36-19-11-12-22-40(36)50(48)54-47-26-16-15-25-44(47)52(3,4)45-31-27-37(33-49(45)54)35-17-7-5-8-18-35/h5-34H,1-4H3/i1D3,2D3,3D3,4D3,5D,6D,7D,8D,9D,10D,11D,12D,13D,14D,15D,16D,17D,18D,19D,20D,21D,22D,23D,24D,25D,26D,27D,28D,29D,30D,31D,32D,33D,34D. The quantitative estimate of drug-likeness (QED) is 0.174. The summed E-state index contributed by atoms with van der Waals surface area (Å²) < 4.78 is 390. The summed E-state index contributed by atoms with van der Waals surface area (Å²) in [7, 11) is 0. The van der Waals surface area contributed by atoms with Gasteiger partial charge in [-0.3, -0.25) is 0 Å². The molecule has 2 heteroatoms. The molecule has 10 rings (SSSR count). The molecule has 8 aromatic rings. The summed E-state index contributed by atoms with van der Waals surface area (Å²) in [6.07, 6.45) is 0. The summed E-state index contributed by atoms with van der Waals surface area (Å²) in [6.45, 7) is -17.2. The lowest BCUT2D eigenvalue weighted by Gasteiger charge is -2.44. The highest BCUT2D eigenvalue weighted by Gasteiger charge is 2.40. The topological polar surface area (TPSA) is 6.48 Å². The summed E-state index contributed by atoms with van der Waals surface area (Å²) in [5, 5.41) is -2.58. The van der Waals surface area contributed by atoms with E-state index in [9.17, 15) is 28.8 Å². The van der Waals surface area contributed by atoms with E-state index in [-0.39, 0.29) is 9.80 Å². The van der Waals surface area contributed by atoms with Gasteiger partial charge in [-0.25, -0.2) is 0 Å². The van der Waals surface area contributed by atoms with Gasteiger partial charge >= 0.3 is 0 Å². The fraction of sp³-hybridized carbons (Fsp3) is 0.115. The Balaban J connectivity index is 1.65. The Morgan fingerprint density at radius 3 is 1.93 bits per heavy atom. The van der Waals surface area contributed by atoms with E-state index in [4.69, 9.17) is 28.8 Å². The van der Waals surface area contributed by atoms with Crippen molar-refractivity contribution in [2.24, 2.45) is 0 Å². The molecule has 0 unspecified atom stereocenters. The maximum atomic E-state index is 10.4. The summed E-state index contributed by atoms with van der Waals surface area (Å²) in [5.41, 5.74) is -29.1. The van der Waals surface area contributed by atoms with E-state index in [2.05, 4.69) is 0 Å². The summed E-state index contributed by atoms with van der Waals surface area (Å²) >= 11 is 0. The van der Waals surface area contributed by atoms with E-state index in [0.29, 0.717) is 0 Å². The first kappa shape index (κ1) is 10.6. The molecule has 260 valence electrons. The minimum Gasteiger partial charge on any atom is -0.308 e. The molecule has 0 bridgehead atoms. The van der Waals surface area contributed by atoms with Crippen LogP contribution in [0.4, 0.5) is 34.1 Å². The van der Waals surface area contributed by atoms with Gasteiger partial charge in [0, 0.05) is 44.0 Å². The predicted octanol–water partition coefficient (Wildman–Crippen LogP) is 14.4. The van der Waals surface area contributed by atoms with Crippen LogP contribution in [0.5, 0.6) is 0 Å². The predicted molar refractivity (Wildman–Crippen MR) is 228 cm³/mol. The van der Waals surface area contributed by atoms with Crippen LogP contribution in [-0.2, 0) is 10.8 Å². The third-order valence-electron chi connectivity index (χ3n) is 8.73. The maximum Gasteiger partial charge on any atom is 0.0781 e. The first-order valence-electron chi connectivity index (χ1n) is 36.6. The van der Waals surface area contributed by atoms with Crippen molar-refractivity contribution in [3.05, 3.63) is 204 Å². The molecule has 2 nitrogen and oxygen atoms in total. The van der Waals surface area contributed by atoms with Crippen LogP contribution in [0, 0.1) is 0 Å². The van der Waals surface area contributed by atoms with Crippen LogP contribution >= 0.6 is 0 Å². The number of rotatable bonds is 5. The van der Waals surface area contributed by atoms with Gasteiger partial charge in [-0.1, -0.05) is 166 Å². The maximum absolute atomic E-state index is 10.4. The van der Waals surface area contributed by atoms with Gasteiger partial charge in [0.1, 0.15) is 0 Å². The molecule has 1 aliphatic carbocycles. The van der Waals surface area contributed by atoms with Crippen molar-refractivity contribution in [3.8, 4) is 22.3 Å². The molecule has 0 aromatic heterocycles. The Kier molecular flexibility index (Phi) is 2.38. The Morgan fingerprint density at radius 1 is 0.463 bits per heavy atom. The van der Waals surface area contributed by atoms with Gasteiger partial charge < -0.3 is 9.80 Å². The largest absolute Gasteiger partial charge is 0.308 e. The van der Waals surface area contributed by atoms with Crippen molar-refractivity contribution in [2.75, 3.05) is 9.80 Å². The lowest BCUT2D eigenvalue weighted by molar-refractivity contribution is 0.632. The van der Waals surface area contributed by atoms with Crippen LogP contribution in [0.3, 0.4) is 0 Å². The molecule has 54 heavy (non-hydrogen) atoms. The van der Waals surface area contributed by atoms with E-state index < -0.39 is 309 Å². The highest BCUT2D eigenvalue weighted by atomic mass is 15.2. The molecule has 0 spiro atoms. The Hall–Kier alpha value is -6.38. The van der Waals surface area contributed by atoms with E-state index in [1.54, 1.807) is 0 Å². The molecule has 8 aromatic carbocycles. The van der Waals surface area contributed by atoms with Gasteiger partial charge in [0.2, 0.25) is 0 Å². The number of nitrogens with zero attached hydrogens (tertiary/aromatic N) is 2. The monoisotopic (exact) mass is 737 g/mol. The summed E-state index contributed by atoms with van der Waals surface area (Å²) in [5.74, 6) is 0. The molecule has 0 radical (unpaired) electrons. The van der Waals surface area contributed by atoms with Crippen LogP contribution in [-0.4, -0.2) is 0 Å². The van der Waals surface area contributed by atoms with Gasteiger partial charge in [-0.05, 0) is 92.2 Å². The second kappa shape index (κ2) is 12.1. The van der Waals surface area contributed by atoms with E-state index in [1.807, 2.05) is 0 Å². The molecule has 0 fully saturated rings. The molecule has 0 atom stereocenters. The molecular weight excluding hydrogens is 653 g/mol. The molecule has 0 saturated heterocycles. The van der Waals surface area contributed by atoms with E-state index in [1.165, 1.54) is 0 Å². The highest BCUT2D eigenvalue weighted by Crippen LogP contribution is 2.57. The van der Waals surface area contributed by atoms with Gasteiger partial charge in [-0.15, -0.1) is 0 Å². The zero-order valence-corrected chi connectivity index (χ0v) is 26.9. The van der Waals surface area contributed by atoms with Crippen molar-refractivity contribution in [1.29, 1.82) is 0 Å². The molecule has 1 heterocycles. The molecule has 1 aliphatic heterocycles. The number of para-hydroxylation sites is 2. The van der Waals surface area contributed by atoms with Gasteiger partial charge in [-0.2, -0.15) is 0 Å². The normalized spacial score (nSPS) is 26.6. The lowest BCUT2D eigenvalue weighted by atomic mass is 9.73. The van der Waals surface area contributed by atoms with Crippen molar-refractivity contribution in [1.82, 2.24) is 0 Å². The van der Waals surface area contributed by atoms with Crippen LogP contribution in [0.2, 0.25) is 0 Å². The summed E-state index contributed by atoms with van der Waals surface area (Å²) in [6, 6.07) is -43.3. The van der Waals surface area contributed by atoms with Gasteiger partial charge in [0.25, 0.3) is 0 Å². The van der Waals surface area contributed by atoms with Crippen LogP contribution < -0.4 is 9.80 Å². The molecule has 2 aliphatic rings. The average molecular weight is 737 g/mol. The first-order valence-corrected chi connectivity index (χ1v) is 15.6. The van der Waals surface area contributed by atoms with E-state index >= 15 is 0 Å². The van der Waals surface area contributed by atoms with Crippen LogP contribution in [0.25, 0.3) is 33.0 Å². The van der Waals surface area contributed by atoms with Gasteiger partial charge in [0.15, 0.2) is 0 Å². The number of anilines is 6. The van der Waals surface area contributed by atoms with Crippen LogP contribution in [0.15, 0.2) is 181 Å². The number of benzene rings is 8. The minimum absolute atomic E-state index is 0.0254. The van der Waals surface area contributed by atoms with Crippen molar-refractivity contribution >= 4 is 44.9 Å². The Bertz CT molecular complexity index is 4810. The molecule has 0 amide bonds. The highest BCUT2D eigenvalue weighted by molar-refractivity contribution is 6.09. The Labute approximate surface area is 377 Å². The van der Waals surface area contributed by atoms with Crippen molar-refractivity contribution in [3.63, 3.8) is 0 Å². The second-order valence-corrected chi connectivity index (χ2v) is 11.8. The van der Waals surface area contributed by atoms with Crippen LogP contribution in [0.1, 0.15) is 107 Å². The van der Waals surface area contributed by atoms with E-state index in [0.717, 1.165) is 0 Å². The Morgan fingerprint density at radius 2 is 1.11 bits per heavy atom. The van der Waals surface area contributed by atoms with Crippen molar-refractivity contribution < 1.29 is 57.6 Å². The lowest BCUT2D eigenvalue weighted by Crippen LogP contribution is -2.31. The number of hydrogen-bond acceptors (Lipinski definition) is 2.